The summed E-state index contributed by atoms with van der Waals surface area (Å²) in [6, 6.07) is 13.7. The van der Waals surface area contributed by atoms with Crippen molar-refractivity contribution in [2.75, 3.05) is 0 Å². The van der Waals surface area contributed by atoms with Crippen LogP contribution in [0.3, 0.4) is 0 Å². The SMILES string of the molecule is Cc1cc(=O)n2c(n1)[nH]c1cc3ccccc3cc12. The van der Waals surface area contributed by atoms with E-state index >= 15 is 0 Å². The first-order chi connectivity index (χ1) is 9.22. The van der Waals surface area contributed by atoms with Gasteiger partial charge in [0.15, 0.2) is 0 Å². The summed E-state index contributed by atoms with van der Waals surface area (Å²) in [5.74, 6) is 0.593. The van der Waals surface area contributed by atoms with Gasteiger partial charge < -0.3 is 4.98 Å². The van der Waals surface area contributed by atoms with E-state index in [0.717, 1.165) is 27.5 Å². The average Bonchev–Trinajstić information content (AvgIpc) is 2.72. The molecular weight excluding hydrogens is 238 g/mol. The van der Waals surface area contributed by atoms with Crippen LogP contribution >= 0.6 is 0 Å². The number of nitrogens with one attached hydrogen (secondary N) is 1. The maximum atomic E-state index is 12.1. The van der Waals surface area contributed by atoms with Gasteiger partial charge in [-0.3, -0.25) is 4.79 Å². The third-order valence-electron chi connectivity index (χ3n) is 3.40. The summed E-state index contributed by atoms with van der Waals surface area (Å²) in [6.45, 7) is 1.82. The Hall–Kier alpha value is -2.62. The second-order valence-electron chi connectivity index (χ2n) is 4.74. The Morgan fingerprint density at radius 2 is 1.84 bits per heavy atom. The second kappa shape index (κ2) is 3.45. The third kappa shape index (κ3) is 1.40. The van der Waals surface area contributed by atoms with E-state index in [1.807, 2.05) is 37.3 Å². The van der Waals surface area contributed by atoms with Crippen molar-refractivity contribution < 1.29 is 0 Å². The zero-order valence-electron chi connectivity index (χ0n) is 10.3. The molecule has 19 heavy (non-hydrogen) atoms. The molecule has 4 rings (SSSR count). The van der Waals surface area contributed by atoms with Gasteiger partial charge in [0.1, 0.15) is 0 Å². The molecule has 0 spiro atoms. The standard InChI is InChI=1S/C15H11N3O/c1-9-6-14(19)18-13-8-11-5-3-2-4-10(11)7-12(13)17-15(18)16-9/h2-8H,1H3,(H,16,17). The molecule has 0 saturated carbocycles. The average molecular weight is 249 g/mol. The minimum absolute atomic E-state index is 0.0518. The zero-order chi connectivity index (χ0) is 13.0. The number of aryl methyl sites for hydroxylation is 1. The van der Waals surface area contributed by atoms with E-state index in [0.29, 0.717) is 5.78 Å². The highest BCUT2D eigenvalue weighted by molar-refractivity contribution is 5.96. The van der Waals surface area contributed by atoms with Gasteiger partial charge in [0.2, 0.25) is 5.78 Å². The molecule has 4 aromatic rings. The molecular formula is C15H11N3O. The van der Waals surface area contributed by atoms with Crippen LogP contribution in [-0.4, -0.2) is 14.4 Å². The Morgan fingerprint density at radius 3 is 2.63 bits per heavy atom. The van der Waals surface area contributed by atoms with Gasteiger partial charge in [0, 0.05) is 11.8 Å². The highest BCUT2D eigenvalue weighted by Crippen LogP contribution is 2.22. The van der Waals surface area contributed by atoms with Gasteiger partial charge in [-0.1, -0.05) is 24.3 Å². The molecule has 0 fully saturated rings. The van der Waals surface area contributed by atoms with E-state index in [4.69, 9.17) is 0 Å². The predicted molar refractivity (Wildman–Crippen MR) is 75.6 cm³/mol. The third-order valence-corrected chi connectivity index (χ3v) is 3.40. The van der Waals surface area contributed by atoms with Gasteiger partial charge in [0.25, 0.3) is 5.56 Å². The van der Waals surface area contributed by atoms with Crippen LogP contribution in [0, 0.1) is 6.92 Å². The lowest BCUT2D eigenvalue weighted by Gasteiger charge is -1.98. The summed E-state index contributed by atoms with van der Waals surface area (Å²) in [5, 5.41) is 2.26. The number of H-pyrrole nitrogens is 1. The molecule has 2 aromatic heterocycles. The maximum Gasteiger partial charge on any atom is 0.259 e. The van der Waals surface area contributed by atoms with Gasteiger partial charge in [-0.2, -0.15) is 0 Å². The maximum absolute atomic E-state index is 12.1. The smallest absolute Gasteiger partial charge is 0.259 e. The fourth-order valence-electron chi connectivity index (χ4n) is 2.55. The molecule has 2 aromatic carbocycles. The van der Waals surface area contributed by atoms with Crippen molar-refractivity contribution in [3.8, 4) is 0 Å². The van der Waals surface area contributed by atoms with Crippen molar-refractivity contribution in [2.24, 2.45) is 0 Å². The molecule has 0 aliphatic rings. The van der Waals surface area contributed by atoms with Crippen LogP contribution < -0.4 is 5.56 Å². The minimum Gasteiger partial charge on any atom is -0.323 e. The summed E-state index contributed by atoms with van der Waals surface area (Å²) in [5.41, 5.74) is 2.46. The first-order valence-electron chi connectivity index (χ1n) is 6.13. The van der Waals surface area contributed by atoms with Crippen LogP contribution in [0.25, 0.3) is 27.6 Å². The topological polar surface area (TPSA) is 50.2 Å². The van der Waals surface area contributed by atoms with Crippen molar-refractivity contribution in [1.29, 1.82) is 0 Å². The largest absolute Gasteiger partial charge is 0.323 e. The highest BCUT2D eigenvalue weighted by atomic mass is 16.1. The Balaban J connectivity index is 2.30. The van der Waals surface area contributed by atoms with Gasteiger partial charge in [-0.25, -0.2) is 9.38 Å². The zero-order valence-corrected chi connectivity index (χ0v) is 10.3. The fraction of sp³-hybridized carbons (Fsp3) is 0.0667. The van der Waals surface area contributed by atoms with Crippen LogP contribution in [0.5, 0.6) is 0 Å². The number of aromatic nitrogens is 3. The molecule has 0 radical (unpaired) electrons. The van der Waals surface area contributed by atoms with Crippen LogP contribution in [0.15, 0.2) is 47.3 Å². The summed E-state index contributed by atoms with van der Waals surface area (Å²) >= 11 is 0. The fourth-order valence-corrected chi connectivity index (χ4v) is 2.55. The number of hydrogen-bond donors (Lipinski definition) is 1. The van der Waals surface area contributed by atoms with Gasteiger partial charge in [0.05, 0.1) is 11.0 Å². The summed E-state index contributed by atoms with van der Waals surface area (Å²) in [4.78, 5) is 19.7. The number of imidazole rings is 1. The molecule has 4 nitrogen and oxygen atoms in total. The number of hydrogen-bond acceptors (Lipinski definition) is 2. The second-order valence-corrected chi connectivity index (χ2v) is 4.74. The van der Waals surface area contributed by atoms with E-state index in [1.54, 1.807) is 10.5 Å². The van der Waals surface area contributed by atoms with Crippen LogP contribution in [-0.2, 0) is 0 Å². The van der Waals surface area contributed by atoms with Crippen molar-refractivity contribution >= 4 is 27.6 Å². The first kappa shape index (κ1) is 10.3. The van der Waals surface area contributed by atoms with E-state index in [9.17, 15) is 4.79 Å². The number of nitrogens with zero attached hydrogens (tertiary/aromatic N) is 2. The number of aromatic amines is 1. The van der Waals surface area contributed by atoms with Gasteiger partial charge >= 0.3 is 0 Å². The number of benzene rings is 2. The number of fused-ring (bicyclic) bond motifs is 4. The van der Waals surface area contributed by atoms with E-state index in [-0.39, 0.29) is 5.56 Å². The molecule has 2 heterocycles. The monoisotopic (exact) mass is 249 g/mol. The molecule has 0 atom stereocenters. The normalized spacial score (nSPS) is 11.6. The minimum atomic E-state index is -0.0518. The lowest BCUT2D eigenvalue weighted by atomic mass is 10.1. The van der Waals surface area contributed by atoms with Crippen molar-refractivity contribution in [3.05, 3.63) is 58.5 Å². The van der Waals surface area contributed by atoms with Crippen LogP contribution in [0.2, 0.25) is 0 Å². The van der Waals surface area contributed by atoms with Crippen LogP contribution in [0.1, 0.15) is 5.69 Å². The Labute approximate surface area is 108 Å². The molecule has 92 valence electrons. The van der Waals surface area contributed by atoms with Crippen molar-refractivity contribution in [1.82, 2.24) is 14.4 Å². The first-order valence-corrected chi connectivity index (χ1v) is 6.13. The molecule has 0 aliphatic carbocycles. The highest BCUT2D eigenvalue weighted by Gasteiger charge is 2.08. The van der Waals surface area contributed by atoms with Crippen molar-refractivity contribution in [3.63, 3.8) is 0 Å². The summed E-state index contributed by atoms with van der Waals surface area (Å²) in [7, 11) is 0. The van der Waals surface area contributed by atoms with Gasteiger partial charge in [-0.05, 0) is 29.8 Å². The lowest BCUT2D eigenvalue weighted by Crippen LogP contribution is -2.12. The Kier molecular flexibility index (Phi) is 1.87. The molecule has 0 unspecified atom stereocenters. The van der Waals surface area contributed by atoms with E-state index < -0.39 is 0 Å². The predicted octanol–water partition coefficient (Wildman–Crippen LogP) is 2.64. The molecule has 1 N–H and O–H groups in total. The summed E-state index contributed by atoms with van der Waals surface area (Å²) in [6.07, 6.45) is 0. The van der Waals surface area contributed by atoms with Crippen molar-refractivity contribution in [2.45, 2.75) is 6.92 Å². The molecule has 4 heteroatoms. The Morgan fingerprint density at radius 1 is 1.11 bits per heavy atom. The molecule has 0 bridgehead atoms. The number of rotatable bonds is 0. The molecule has 0 aliphatic heterocycles. The quantitative estimate of drug-likeness (QED) is 0.521. The van der Waals surface area contributed by atoms with E-state index in [1.165, 1.54) is 0 Å². The molecule has 0 saturated heterocycles. The van der Waals surface area contributed by atoms with Gasteiger partial charge in [-0.15, -0.1) is 0 Å². The molecule has 0 amide bonds. The lowest BCUT2D eigenvalue weighted by molar-refractivity contribution is 1.04. The Bertz CT molecular complexity index is 995. The van der Waals surface area contributed by atoms with E-state index in [2.05, 4.69) is 16.0 Å². The van der Waals surface area contributed by atoms with Crippen LogP contribution in [0.4, 0.5) is 0 Å². The summed E-state index contributed by atoms with van der Waals surface area (Å²) < 4.78 is 1.62.